The number of benzene rings is 1. The quantitative estimate of drug-likeness (QED) is 0.829. The number of hydrogen-bond acceptors (Lipinski definition) is 5. The molecule has 0 radical (unpaired) electrons. The van der Waals surface area contributed by atoms with E-state index >= 15 is 0 Å². The number of nitrogens with one attached hydrogen (secondary N) is 1. The van der Waals surface area contributed by atoms with Crippen LogP contribution in [0.1, 0.15) is 28.7 Å². The van der Waals surface area contributed by atoms with Gasteiger partial charge in [-0.15, -0.1) is 5.10 Å². The molecule has 2 rings (SSSR count). The molecule has 0 unspecified atom stereocenters. The Labute approximate surface area is 109 Å². The third-order valence-corrected chi connectivity index (χ3v) is 3.18. The molecule has 0 saturated heterocycles. The molecule has 0 fully saturated rings. The summed E-state index contributed by atoms with van der Waals surface area (Å²) in [6.45, 7) is 2.04. The Morgan fingerprint density at radius 3 is 2.78 bits per heavy atom. The van der Waals surface area contributed by atoms with Crippen LogP contribution in [0.3, 0.4) is 0 Å². The molecule has 0 aliphatic heterocycles. The molecule has 0 aliphatic rings. The molecule has 3 N–H and O–H groups in total. The van der Waals surface area contributed by atoms with Crippen molar-refractivity contribution in [1.29, 1.82) is 0 Å². The fraction of sp³-hybridized carbons (Fsp3) is 0.250. The fourth-order valence-corrected chi connectivity index (χ4v) is 2.14. The number of anilines is 2. The van der Waals surface area contributed by atoms with Crippen LogP contribution >= 0.6 is 11.5 Å². The zero-order valence-corrected chi connectivity index (χ0v) is 10.8. The van der Waals surface area contributed by atoms with Crippen LogP contribution in [0.15, 0.2) is 24.3 Å². The van der Waals surface area contributed by atoms with Gasteiger partial charge in [0.25, 0.3) is 5.91 Å². The Hall–Kier alpha value is -1.95. The van der Waals surface area contributed by atoms with Gasteiger partial charge in [-0.25, -0.2) is 0 Å². The Balaban J connectivity index is 2.11. The lowest BCUT2D eigenvalue weighted by Gasteiger charge is -2.04. The lowest BCUT2D eigenvalue weighted by Crippen LogP contribution is -2.12. The number of nitrogens with zero attached hydrogens (tertiary/aromatic N) is 2. The van der Waals surface area contributed by atoms with Crippen molar-refractivity contribution in [3.8, 4) is 0 Å². The zero-order chi connectivity index (χ0) is 13.0. The summed E-state index contributed by atoms with van der Waals surface area (Å²) >= 11 is 1.12. The normalized spacial score (nSPS) is 10.3. The molecule has 0 aliphatic carbocycles. The highest BCUT2D eigenvalue weighted by atomic mass is 32.1. The first-order valence-electron chi connectivity index (χ1n) is 5.69. The number of nitrogens with two attached hydrogens (primary N) is 1. The van der Waals surface area contributed by atoms with Crippen LogP contribution in [0.25, 0.3) is 0 Å². The predicted octanol–water partition coefficient (Wildman–Crippen LogP) is 2.33. The van der Waals surface area contributed by atoms with Crippen molar-refractivity contribution >= 4 is 28.8 Å². The summed E-state index contributed by atoms with van der Waals surface area (Å²) in [4.78, 5) is 12.6. The van der Waals surface area contributed by atoms with Crippen LogP contribution in [-0.4, -0.2) is 15.5 Å². The minimum absolute atomic E-state index is 0.168. The van der Waals surface area contributed by atoms with Crippen LogP contribution < -0.4 is 11.1 Å². The molecule has 1 aromatic carbocycles. The van der Waals surface area contributed by atoms with Crippen molar-refractivity contribution in [3.05, 3.63) is 34.8 Å². The second-order valence-electron chi connectivity index (χ2n) is 3.87. The lowest BCUT2D eigenvalue weighted by atomic mass is 10.2. The van der Waals surface area contributed by atoms with Gasteiger partial charge in [0.05, 0.1) is 5.69 Å². The Morgan fingerprint density at radius 2 is 2.11 bits per heavy atom. The van der Waals surface area contributed by atoms with Crippen molar-refractivity contribution in [1.82, 2.24) is 9.59 Å². The monoisotopic (exact) mass is 262 g/mol. The molecule has 1 heterocycles. The first kappa shape index (κ1) is 12.5. The fourth-order valence-electron chi connectivity index (χ4n) is 1.54. The third kappa shape index (κ3) is 2.84. The number of carbonyl (C=O) groups is 1. The van der Waals surface area contributed by atoms with E-state index in [2.05, 4.69) is 14.9 Å². The van der Waals surface area contributed by atoms with E-state index in [-0.39, 0.29) is 5.91 Å². The highest BCUT2D eigenvalue weighted by Crippen LogP contribution is 2.16. The maximum absolute atomic E-state index is 12.0. The molecule has 1 aromatic heterocycles. The molecular formula is C12H14N4OS. The summed E-state index contributed by atoms with van der Waals surface area (Å²) < 4.78 is 3.83. The Bertz CT molecular complexity index is 535. The number of aryl methyl sites for hydroxylation is 1. The van der Waals surface area contributed by atoms with E-state index in [1.54, 1.807) is 24.3 Å². The Morgan fingerprint density at radius 1 is 1.39 bits per heavy atom. The van der Waals surface area contributed by atoms with Gasteiger partial charge in [-0.3, -0.25) is 4.79 Å². The highest BCUT2D eigenvalue weighted by molar-refractivity contribution is 7.08. The summed E-state index contributed by atoms with van der Waals surface area (Å²) in [5, 5.41) is 6.78. The van der Waals surface area contributed by atoms with Crippen molar-refractivity contribution in [3.63, 3.8) is 0 Å². The molecule has 2 aromatic rings. The lowest BCUT2D eigenvalue weighted by molar-refractivity contribution is 0.102. The van der Waals surface area contributed by atoms with Crippen LogP contribution in [0.2, 0.25) is 0 Å². The second kappa shape index (κ2) is 5.59. The van der Waals surface area contributed by atoms with Crippen LogP contribution in [0.5, 0.6) is 0 Å². The minimum atomic E-state index is -0.168. The molecular weight excluding hydrogens is 248 g/mol. The molecule has 0 bridgehead atoms. The van der Waals surface area contributed by atoms with E-state index in [9.17, 15) is 4.79 Å². The van der Waals surface area contributed by atoms with Gasteiger partial charge < -0.3 is 11.1 Å². The minimum Gasteiger partial charge on any atom is -0.399 e. The molecule has 0 atom stereocenters. The summed E-state index contributed by atoms with van der Waals surface area (Å²) in [5.41, 5.74) is 7.72. The number of rotatable bonds is 4. The number of carbonyl (C=O) groups excluding carboxylic acids is 1. The van der Waals surface area contributed by atoms with Crippen LogP contribution in [0, 0.1) is 0 Å². The van der Waals surface area contributed by atoms with E-state index in [1.807, 2.05) is 6.92 Å². The molecule has 18 heavy (non-hydrogen) atoms. The van der Waals surface area contributed by atoms with Crippen molar-refractivity contribution in [2.45, 2.75) is 19.8 Å². The maximum atomic E-state index is 12.0. The van der Waals surface area contributed by atoms with Gasteiger partial charge in [-0.2, -0.15) is 0 Å². The number of amides is 1. The molecule has 94 valence electrons. The van der Waals surface area contributed by atoms with Gasteiger partial charge in [0.15, 0.2) is 0 Å². The van der Waals surface area contributed by atoms with E-state index < -0.39 is 0 Å². The molecule has 5 nitrogen and oxygen atoms in total. The zero-order valence-electron chi connectivity index (χ0n) is 10.0. The first-order valence-corrected chi connectivity index (χ1v) is 6.46. The third-order valence-electron chi connectivity index (χ3n) is 2.42. The SMILES string of the molecule is CCCc1nnsc1C(=O)Nc1ccc(N)cc1. The first-order chi connectivity index (χ1) is 8.70. The molecule has 0 saturated carbocycles. The molecule has 6 heteroatoms. The van der Waals surface area contributed by atoms with Crippen molar-refractivity contribution < 1.29 is 4.79 Å². The van der Waals surface area contributed by atoms with Gasteiger partial charge in [0.2, 0.25) is 0 Å². The molecule has 0 spiro atoms. The second-order valence-corrected chi connectivity index (χ2v) is 4.63. The van der Waals surface area contributed by atoms with Gasteiger partial charge >= 0.3 is 0 Å². The average Bonchev–Trinajstić information content (AvgIpc) is 2.81. The number of aromatic nitrogens is 2. The van der Waals surface area contributed by atoms with Crippen molar-refractivity contribution in [2.24, 2.45) is 0 Å². The summed E-state index contributed by atoms with van der Waals surface area (Å²) in [5.74, 6) is -0.168. The van der Waals surface area contributed by atoms with Crippen LogP contribution in [-0.2, 0) is 6.42 Å². The predicted molar refractivity (Wildman–Crippen MR) is 72.7 cm³/mol. The number of nitrogen functional groups attached to an aromatic ring is 1. The summed E-state index contributed by atoms with van der Waals surface area (Å²) in [7, 11) is 0. The van der Waals surface area contributed by atoms with Gasteiger partial charge in [0, 0.05) is 11.4 Å². The van der Waals surface area contributed by atoms with Gasteiger partial charge in [-0.1, -0.05) is 17.8 Å². The average molecular weight is 262 g/mol. The number of hydrogen-bond donors (Lipinski definition) is 2. The Kier molecular flexibility index (Phi) is 3.88. The summed E-state index contributed by atoms with van der Waals surface area (Å²) in [6, 6.07) is 7.02. The topological polar surface area (TPSA) is 80.9 Å². The van der Waals surface area contributed by atoms with E-state index in [1.165, 1.54) is 0 Å². The van der Waals surface area contributed by atoms with E-state index in [0.29, 0.717) is 16.3 Å². The van der Waals surface area contributed by atoms with Gasteiger partial charge in [-0.05, 0) is 42.2 Å². The van der Waals surface area contributed by atoms with E-state index in [0.717, 1.165) is 30.1 Å². The smallest absolute Gasteiger partial charge is 0.269 e. The van der Waals surface area contributed by atoms with E-state index in [4.69, 9.17) is 5.73 Å². The largest absolute Gasteiger partial charge is 0.399 e. The van der Waals surface area contributed by atoms with Crippen molar-refractivity contribution in [2.75, 3.05) is 11.1 Å². The maximum Gasteiger partial charge on any atom is 0.269 e. The molecule has 1 amide bonds. The van der Waals surface area contributed by atoms with Crippen LogP contribution in [0.4, 0.5) is 11.4 Å². The standard InChI is InChI=1S/C12H14N4OS/c1-2-3-10-11(18-16-15-10)12(17)14-9-6-4-8(13)5-7-9/h4-7H,2-3,13H2,1H3,(H,14,17). The van der Waals surface area contributed by atoms with Gasteiger partial charge in [0.1, 0.15) is 4.88 Å². The summed E-state index contributed by atoms with van der Waals surface area (Å²) in [6.07, 6.45) is 1.70. The highest BCUT2D eigenvalue weighted by Gasteiger charge is 2.15.